The summed E-state index contributed by atoms with van der Waals surface area (Å²) in [5, 5.41) is 28.3. The standard InChI is InChI=1S/C12H11NO4/c1-7(14)8-2-4-9(5-3-8)13-11(16)6-10(15)12(13)17/h2-6,15-17H,1H3. The number of aromatic hydroxyl groups is 3. The maximum atomic E-state index is 11.1. The molecule has 1 aromatic carbocycles. The van der Waals surface area contributed by atoms with Crippen molar-refractivity contribution in [2.75, 3.05) is 0 Å². The Kier molecular flexibility index (Phi) is 2.51. The number of benzene rings is 1. The van der Waals surface area contributed by atoms with Crippen LogP contribution in [0.5, 0.6) is 17.5 Å². The maximum Gasteiger partial charge on any atom is 0.242 e. The van der Waals surface area contributed by atoms with E-state index in [4.69, 9.17) is 0 Å². The molecule has 0 aliphatic rings. The zero-order valence-corrected chi connectivity index (χ0v) is 9.08. The first-order valence-corrected chi connectivity index (χ1v) is 4.94. The van der Waals surface area contributed by atoms with Gasteiger partial charge >= 0.3 is 0 Å². The highest BCUT2D eigenvalue weighted by Crippen LogP contribution is 2.35. The number of aromatic nitrogens is 1. The predicted octanol–water partition coefficient (Wildman–Crippen LogP) is 1.80. The van der Waals surface area contributed by atoms with Crippen LogP contribution in [0.4, 0.5) is 0 Å². The van der Waals surface area contributed by atoms with Gasteiger partial charge in [-0.05, 0) is 31.2 Å². The number of hydrogen-bond donors (Lipinski definition) is 3. The van der Waals surface area contributed by atoms with Crippen molar-refractivity contribution >= 4 is 5.78 Å². The Morgan fingerprint density at radius 3 is 2.12 bits per heavy atom. The monoisotopic (exact) mass is 233 g/mol. The average molecular weight is 233 g/mol. The molecule has 0 spiro atoms. The van der Waals surface area contributed by atoms with Crippen molar-refractivity contribution in [1.29, 1.82) is 0 Å². The number of carbonyl (C=O) groups excluding carboxylic acids is 1. The van der Waals surface area contributed by atoms with Crippen LogP contribution in [-0.2, 0) is 0 Å². The molecule has 0 unspecified atom stereocenters. The van der Waals surface area contributed by atoms with Gasteiger partial charge in [-0.2, -0.15) is 0 Å². The van der Waals surface area contributed by atoms with Crippen LogP contribution in [0.2, 0.25) is 0 Å². The Hall–Kier alpha value is -2.43. The SMILES string of the molecule is CC(=O)c1ccc(-n2c(O)cc(O)c2O)cc1. The summed E-state index contributed by atoms with van der Waals surface area (Å²) in [7, 11) is 0. The van der Waals surface area contributed by atoms with Crippen LogP contribution in [0.25, 0.3) is 5.69 Å². The highest BCUT2D eigenvalue weighted by Gasteiger charge is 2.14. The summed E-state index contributed by atoms with van der Waals surface area (Å²) in [4.78, 5) is 11.1. The van der Waals surface area contributed by atoms with Crippen LogP contribution in [0, 0.1) is 0 Å². The molecule has 1 heterocycles. The third-order valence-electron chi connectivity index (χ3n) is 2.47. The second-order valence-electron chi connectivity index (χ2n) is 3.65. The fraction of sp³-hybridized carbons (Fsp3) is 0.0833. The molecule has 0 saturated carbocycles. The highest BCUT2D eigenvalue weighted by molar-refractivity contribution is 5.94. The van der Waals surface area contributed by atoms with E-state index in [0.717, 1.165) is 10.6 Å². The highest BCUT2D eigenvalue weighted by atomic mass is 16.3. The van der Waals surface area contributed by atoms with Gasteiger partial charge in [0.15, 0.2) is 11.5 Å². The lowest BCUT2D eigenvalue weighted by Gasteiger charge is -2.06. The second kappa shape index (κ2) is 3.86. The van der Waals surface area contributed by atoms with E-state index in [1.807, 2.05) is 0 Å². The Morgan fingerprint density at radius 2 is 1.71 bits per heavy atom. The van der Waals surface area contributed by atoms with E-state index in [9.17, 15) is 20.1 Å². The zero-order chi connectivity index (χ0) is 12.6. The van der Waals surface area contributed by atoms with Crippen molar-refractivity contribution in [3.63, 3.8) is 0 Å². The summed E-state index contributed by atoms with van der Waals surface area (Å²) in [6.07, 6.45) is 0. The average Bonchev–Trinajstić information content (AvgIpc) is 2.53. The van der Waals surface area contributed by atoms with Crippen LogP contribution in [-0.4, -0.2) is 25.7 Å². The van der Waals surface area contributed by atoms with Gasteiger partial charge < -0.3 is 15.3 Å². The molecule has 88 valence electrons. The molecular formula is C12H11NO4. The van der Waals surface area contributed by atoms with Crippen molar-refractivity contribution < 1.29 is 20.1 Å². The van der Waals surface area contributed by atoms with Gasteiger partial charge in [0.05, 0.1) is 5.69 Å². The quantitative estimate of drug-likeness (QED) is 0.690. The van der Waals surface area contributed by atoms with Crippen LogP contribution >= 0.6 is 0 Å². The van der Waals surface area contributed by atoms with Crippen molar-refractivity contribution in [1.82, 2.24) is 4.57 Å². The third-order valence-corrected chi connectivity index (χ3v) is 2.47. The van der Waals surface area contributed by atoms with Gasteiger partial charge in [0.2, 0.25) is 11.8 Å². The van der Waals surface area contributed by atoms with Crippen LogP contribution in [0.1, 0.15) is 17.3 Å². The maximum absolute atomic E-state index is 11.1. The number of nitrogens with zero attached hydrogens (tertiary/aromatic N) is 1. The summed E-state index contributed by atoms with van der Waals surface area (Å²) in [5.74, 6) is -1.20. The van der Waals surface area contributed by atoms with E-state index in [0.29, 0.717) is 11.3 Å². The lowest BCUT2D eigenvalue weighted by molar-refractivity contribution is 0.101. The molecule has 1 aromatic heterocycles. The number of carbonyl (C=O) groups is 1. The minimum Gasteiger partial charge on any atom is -0.503 e. The lowest BCUT2D eigenvalue weighted by atomic mass is 10.1. The molecule has 0 amide bonds. The van der Waals surface area contributed by atoms with E-state index in [1.54, 1.807) is 24.3 Å². The lowest BCUT2D eigenvalue weighted by Crippen LogP contribution is -1.95. The predicted molar refractivity (Wildman–Crippen MR) is 60.8 cm³/mol. The van der Waals surface area contributed by atoms with Gasteiger partial charge in [-0.25, -0.2) is 4.57 Å². The largest absolute Gasteiger partial charge is 0.503 e. The van der Waals surface area contributed by atoms with Crippen molar-refractivity contribution in [2.45, 2.75) is 6.92 Å². The van der Waals surface area contributed by atoms with Crippen LogP contribution in [0.3, 0.4) is 0 Å². The van der Waals surface area contributed by atoms with Gasteiger partial charge in [-0.15, -0.1) is 0 Å². The first-order chi connectivity index (χ1) is 8.00. The Morgan fingerprint density at radius 1 is 1.12 bits per heavy atom. The Bertz CT molecular complexity index is 569. The van der Waals surface area contributed by atoms with E-state index in [-0.39, 0.29) is 11.7 Å². The summed E-state index contributed by atoms with van der Waals surface area (Å²) >= 11 is 0. The minimum atomic E-state index is -0.446. The minimum absolute atomic E-state index is 0.0691. The molecule has 0 aliphatic heterocycles. The molecule has 3 N–H and O–H groups in total. The molecule has 0 fully saturated rings. The summed E-state index contributed by atoms with van der Waals surface area (Å²) in [6.45, 7) is 1.45. The van der Waals surface area contributed by atoms with Gasteiger partial charge in [-0.1, -0.05) is 0 Å². The van der Waals surface area contributed by atoms with Gasteiger partial charge in [0.1, 0.15) is 0 Å². The van der Waals surface area contributed by atoms with Crippen molar-refractivity contribution in [3.8, 4) is 23.2 Å². The fourth-order valence-corrected chi connectivity index (χ4v) is 1.57. The molecule has 5 nitrogen and oxygen atoms in total. The first kappa shape index (κ1) is 11.1. The summed E-state index contributed by atoms with van der Waals surface area (Å²) in [5.41, 5.74) is 0.981. The molecule has 0 bridgehead atoms. The van der Waals surface area contributed by atoms with Crippen molar-refractivity contribution in [2.24, 2.45) is 0 Å². The molecule has 5 heteroatoms. The molecule has 0 atom stereocenters. The number of Topliss-reactive ketones (excluding diaryl/α,β-unsaturated/α-hetero) is 1. The van der Waals surface area contributed by atoms with Gasteiger partial charge in [-0.3, -0.25) is 4.79 Å². The molecule has 2 aromatic rings. The van der Waals surface area contributed by atoms with E-state index in [2.05, 4.69) is 0 Å². The first-order valence-electron chi connectivity index (χ1n) is 4.94. The topological polar surface area (TPSA) is 82.7 Å². The van der Waals surface area contributed by atoms with E-state index in [1.165, 1.54) is 6.92 Å². The third kappa shape index (κ3) is 1.82. The Labute approximate surface area is 97.2 Å². The Balaban J connectivity index is 2.50. The van der Waals surface area contributed by atoms with E-state index < -0.39 is 11.6 Å². The zero-order valence-electron chi connectivity index (χ0n) is 9.08. The molecule has 0 saturated heterocycles. The molecule has 2 rings (SSSR count). The number of hydrogen-bond acceptors (Lipinski definition) is 4. The second-order valence-corrected chi connectivity index (χ2v) is 3.65. The molecular weight excluding hydrogens is 222 g/mol. The molecule has 17 heavy (non-hydrogen) atoms. The number of ketones is 1. The van der Waals surface area contributed by atoms with Gasteiger partial charge in [0, 0.05) is 11.6 Å². The van der Waals surface area contributed by atoms with Crippen LogP contribution < -0.4 is 0 Å². The number of rotatable bonds is 2. The van der Waals surface area contributed by atoms with Crippen molar-refractivity contribution in [3.05, 3.63) is 35.9 Å². The fourth-order valence-electron chi connectivity index (χ4n) is 1.57. The molecule has 0 aliphatic carbocycles. The smallest absolute Gasteiger partial charge is 0.242 e. The van der Waals surface area contributed by atoms with Gasteiger partial charge in [0.25, 0.3) is 0 Å². The normalized spacial score (nSPS) is 10.4. The van der Waals surface area contributed by atoms with Crippen LogP contribution in [0.15, 0.2) is 30.3 Å². The summed E-state index contributed by atoms with van der Waals surface area (Å²) in [6, 6.07) is 7.32. The summed E-state index contributed by atoms with van der Waals surface area (Å²) < 4.78 is 1.07. The van der Waals surface area contributed by atoms with E-state index >= 15 is 0 Å². The molecule has 0 radical (unpaired) electrons.